The van der Waals surface area contributed by atoms with E-state index in [1.807, 2.05) is 0 Å². The van der Waals surface area contributed by atoms with Crippen molar-refractivity contribution in [3.63, 3.8) is 0 Å². The fourth-order valence-corrected chi connectivity index (χ4v) is 2.15. The lowest BCUT2D eigenvalue weighted by Crippen LogP contribution is -2.35. The summed E-state index contributed by atoms with van der Waals surface area (Å²) in [5.41, 5.74) is 1.34. The van der Waals surface area contributed by atoms with Gasteiger partial charge in [0, 0.05) is 13.2 Å². The number of unbranched alkanes of at least 4 members (excludes halogenated alkanes) is 1. The van der Waals surface area contributed by atoms with Crippen LogP contribution in [-0.2, 0) is 4.74 Å². The summed E-state index contributed by atoms with van der Waals surface area (Å²) < 4.78 is 5.35. The first-order valence-electron chi connectivity index (χ1n) is 7.13. The Morgan fingerprint density at radius 3 is 2.53 bits per heavy atom. The Morgan fingerprint density at radius 2 is 1.95 bits per heavy atom. The maximum Gasteiger partial charge on any atom is 0.0653 e. The summed E-state index contributed by atoms with van der Waals surface area (Å²) in [6, 6.07) is 11.3. The van der Waals surface area contributed by atoms with Crippen molar-refractivity contribution >= 4 is 0 Å². The van der Waals surface area contributed by atoms with Gasteiger partial charge in [-0.15, -0.1) is 0 Å². The first-order valence-corrected chi connectivity index (χ1v) is 7.13. The lowest BCUT2D eigenvalue weighted by Gasteiger charge is -2.31. The van der Waals surface area contributed by atoms with E-state index in [9.17, 15) is 0 Å². The molecule has 2 atom stereocenters. The molecule has 0 fully saturated rings. The molecule has 106 valence electrons. The summed E-state index contributed by atoms with van der Waals surface area (Å²) in [6.07, 6.45) is 6.85. The first-order chi connectivity index (χ1) is 9.20. The smallest absolute Gasteiger partial charge is 0.0653 e. The standard InChI is InChI=1S/C17H27NO/c1-5-6-8-13-17(14-19-4)18(3)15(2)16-11-9-7-10-12-16/h7-13,15,17H,5-6,14H2,1-4H3/b13-8+/t15-,17-/m1/s1. The molecule has 0 bridgehead atoms. The molecule has 0 saturated heterocycles. The Morgan fingerprint density at radius 1 is 1.26 bits per heavy atom. The number of hydrogen-bond acceptors (Lipinski definition) is 2. The maximum absolute atomic E-state index is 5.35. The molecule has 0 spiro atoms. The van der Waals surface area contributed by atoms with Gasteiger partial charge in [-0.2, -0.15) is 0 Å². The van der Waals surface area contributed by atoms with Gasteiger partial charge < -0.3 is 4.74 Å². The van der Waals surface area contributed by atoms with Gasteiger partial charge in [0.25, 0.3) is 0 Å². The van der Waals surface area contributed by atoms with Gasteiger partial charge in [-0.05, 0) is 26.0 Å². The summed E-state index contributed by atoms with van der Waals surface area (Å²) in [5, 5.41) is 0. The van der Waals surface area contributed by atoms with Crippen LogP contribution >= 0.6 is 0 Å². The molecule has 2 nitrogen and oxygen atoms in total. The average molecular weight is 261 g/mol. The summed E-state index contributed by atoms with van der Waals surface area (Å²) in [4.78, 5) is 2.37. The second-order valence-corrected chi connectivity index (χ2v) is 4.99. The molecule has 0 unspecified atom stereocenters. The zero-order valence-electron chi connectivity index (χ0n) is 12.7. The molecule has 0 saturated carbocycles. The van der Waals surface area contributed by atoms with Gasteiger partial charge in [-0.25, -0.2) is 0 Å². The second-order valence-electron chi connectivity index (χ2n) is 4.99. The van der Waals surface area contributed by atoms with E-state index in [0.29, 0.717) is 12.1 Å². The lowest BCUT2D eigenvalue weighted by atomic mass is 10.1. The van der Waals surface area contributed by atoms with E-state index in [1.54, 1.807) is 7.11 Å². The van der Waals surface area contributed by atoms with Crippen LogP contribution in [0.4, 0.5) is 0 Å². The molecule has 0 N–H and O–H groups in total. The zero-order valence-corrected chi connectivity index (χ0v) is 12.7. The third-order valence-corrected chi connectivity index (χ3v) is 3.57. The number of likely N-dealkylation sites (N-methyl/N-ethyl adjacent to an activating group) is 1. The Hall–Kier alpha value is -1.12. The van der Waals surface area contributed by atoms with Gasteiger partial charge in [0.15, 0.2) is 0 Å². The van der Waals surface area contributed by atoms with E-state index in [0.717, 1.165) is 13.0 Å². The number of nitrogens with zero attached hydrogens (tertiary/aromatic N) is 1. The predicted molar refractivity (Wildman–Crippen MR) is 82.3 cm³/mol. The molecule has 1 rings (SSSR count). The van der Waals surface area contributed by atoms with Gasteiger partial charge >= 0.3 is 0 Å². The molecule has 0 aliphatic heterocycles. The third kappa shape index (κ3) is 5.17. The highest BCUT2D eigenvalue weighted by Gasteiger charge is 2.18. The maximum atomic E-state index is 5.35. The molecular formula is C17H27NO. The van der Waals surface area contributed by atoms with Crippen LogP contribution in [0.1, 0.15) is 38.3 Å². The van der Waals surface area contributed by atoms with Crippen molar-refractivity contribution < 1.29 is 4.74 Å². The monoisotopic (exact) mass is 261 g/mol. The minimum Gasteiger partial charge on any atom is -0.383 e. The van der Waals surface area contributed by atoms with Gasteiger partial charge in [0.1, 0.15) is 0 Å². The van der Waals surface area contributed by atoms with Crippen molar-refractivity contribution in [2.45, 2.75) is 38.8 Å². The number of allylic oxidation sites excluding steroid dienone is 1. The fourth-order valence-electron chi connectivity index (χ4n) is 2.15. The summed E-state index contributed by atoms with van der Waals surface area (Å²) in [7, 11) is 3.93. The van der Waals surface area contributed by atoms with Crippen LogP contribution in [-0.4, -0.2) is 31.7 Å². The molecule has 0 radical (unpaired) electrons. The van der Waals surface area contributed by atoms with Crippen LogP contribution in [0, 0.1) is 0 Å². The highest BCUT2D eigenvalue weighted by molar-refractivity contribution is 5.18. The Balaban J connectivity index is 2.72. The number of ether oxygens (including phenoxy) is 1. The van der Waals surface area contributed by atoms with Crippen LogP contribution in [0.25, 0.3) is 0 Å². The molecule has 0 aromatic heterocycles. The van der Waals surface area contributed by atoms with Crippen LogP contribution in [0.15, 0.2) is 42.5 Å². The highest BCUT2D eigenvalue weighted by Crippen LogP contribution is 2.21. The molecule has 0 amide bonds. The quantitative estimate of drug-likeness (QED) is 0.655. The molecule has 0 aliphatic rings. The minimum atomic E-state index is 0.326. The molecule has 0 aliphatic carbocycles. The molecule has 1 aromatic rings. The van der Waals surface area contributed by atoms with Crippen molar-refractivity contribution in [2.24, 2.45) is 0 Å². The van der Waals surface area contributed by atoms with E-state index in [-0.39, 0.29) is 0 Å². The Bertz CT molecular complexity index is 361. The predicted octanol–water partition coefficient (Wildman–Crippen LogP) is 4.05. The number of rotatable bonds is 8. The van der Waals surface area contributed by atoms with Crippen molar-refractivity contribution in [3.05, 3.63) is 48.0 Å². The third-order valence-electron chi connectivity index (χ3n) is 3.57. The zero-order chi connectivity index (χ0) is 14.1. The second kappa shape index (κ2) is 8.89. The SMILES string of the molecule is CCC/C=C/[C@H](COC)N(C)[C@H](C)c1ccccc1. The van der Waals surface area contributed by atoms with Crippen molar-refractivity contribution in [3.8, 4) is 0 Å². The number of methoxy groups -OCH3 is 1. The van der Waals surface area contributed by atoms with Crippen LogP contribution in [0.5, 0.6) is 0 Å². The van der Waals surface area contributed by atoms with Gasteiger partial charge in [0.2, 0.25) is 0 Å². The van der Waals surface area contributed by atoms with Crippen LogP contribution < -0.4 is 0 Å². The van der Waals surface area contributed by atoms with E-state index in [4.69, 9.17) is 4.74 Å². The molecule has 19 heavy (non-hydrogen) atoms. The molecule has 1 aromatic carbocycles. The number of hydrogen-bond donors (Lipinski definition) is 0. The summed E-state index contributed by atoms with van der Waals surface area (Å²) in [5.74, 6) is 0. The summed E-state index contributed by atoms with van der Waals surface area (Å²) in [6.45, 7) is 5.17. The Labute approximate surface area is 118 Å². The molecule has 2 heteroatoms. The lowest BCUT2D eigenvalue weighted by molar-refractivity contribution is 0.108. The van der Waals surface area contributed by atoms with E-state index in [2.05, 4.69) is 68.3 Å². The van der Waals surface area contributed by atoms with Gasteiger partial charge in [-0.1, -0.05) is 55.8 Å². The first kappa shape index (κ1) is 15.9. The van der Waals surface area contributed by atoms with Crippen molar-refractivity contribution in [2.75, 3.05) is 20.8 Å². The Kier molecular flexibility index (Phi) is 7.46. The van der Waals surface area contributed by atoms with Crippen molar-refractivity contribution in [1.29, 1.82) is 0 Å². The summed E-state index contributed by atoms with van der Waals surface area (Å²) >= 11 is 0. The average Bonchev–Trinajstić information content (AvgIpc) is 2.46. The van der Waals surface area contributed by atoms with Gasteiger partial charge in [-0.3, -0.25) is 4.90 Å². The minimum absolute atomic E-state index is 0.326. The molecule has 0 heterocycles. The number of benzene rings is 1. The van der Waals surface area contributed by atoms with E-state index >= 15 is 0 Å². The van der Waals surface area contributed by atoms with Crippen LogP contribution in [0.3, 0.4) is 0 Å². The van der Waals surface area contributed by atoms with E-state index < -0.39 is 0 Å². The van der Waals surface area contributed by atoms with Gasteiger partial charge in [0.05, 0.1) is 12.6 Å². The topological polar surface area (TPSA) is 12.5 Å². The highest BCUT2D eigenvalue weighted by atomic mass is 16.5. The fraction of sp³-hybridized carbons (Fsp3) is 0.529. The molecular weight excluding hydrogens is 234 g/mol. The van der Waals surface area contributed by atoms with Crippen LogP contribution in [0.2, 0.25) is 0 Å². The normalized spacial score (nSPS) is 15.0. The van der Waals surface area contributed by atoms with E-state index in [1.165, 1.54) is 12.0 Å². The largest absolute Gasteiger partial charge is 0.383 e. The van der Waals surface area contributed by atoms with Crippen molar-refractivity contribution in [1.82, 2.24) is 4.90 Å².